The third-order valence-corrected chi connectivity index (χ3v) is 6.50. The number of benzene rings is 2. The number of anilines is 2. The normalized spacial score (nSPS) is 20.9. The van der Waals surface area contributed by atoms with Gasteiger partial charge in [-0.25, -0.2) is 0 Å². The van der Waals surface area contributed by atoms with Gasteiger partial charge in [-0.05, 0) is 43.5 Å². The van der Waals surface area contributed by atoms with E-state index in [4.69, 9.17) is 0 Å². The number of rotatable bonds is 3. The molecule has 3 aliphatic rings. The Kier molecular flexibility index (Phi) is 5.43. The zero-order chi connectivity index (χ0) is 22.2. The van der Waals surface area contributed by atoms with Gasteiger partial charge in [-0.1, -0.05) is 29.8 Å². The van der Waals surface area contributed by atoms with Gasteiger partial charge in [0, 0.05) is 37.7 Å². The molecule has 7 heteroatoms. The Bertz CT molecular complexity index is 1060. The Hall–Kier alpha value is -3.19. The van der Waals surface area contributed by atoms with E-state index >= 15 is 0 Å². The molecule has 2 aromatic rings. The first-order chi connectivity index (χ1) is 15.5. The lowest BCUT2D eigenvalue weighted by molar-refractivity contribution is -0.120. The summed E-state index contributed by atoms with van der Waals surface area (Å²) in [6.45, 7) is 4.88. The molecule has 166 valence electrons. The number of hydrogen-bond donors (Lipinski definition) is 2. The molecular weight excluding hydrogens is 404 g/mol. The van der Waals surface area contributed by atoms with E-state index in [0.29, 0.717) is 30.0 Å². The molecule has 1 atom stereocenters. The Labute approximate surface area is 187 Å². The minimum Gasteiger partial charge on any atom is -0.336 e. The van der Waals surface area contributed by atoms with Gasteiger partial charge < -0.3 is 20.4 Å². The van der Waals surface area contributed by atoms with Crippen LogP contribution < -0.4 is 15.5 Å². The van der Waals surface area contributed by atoms with Crippen molar-refractivity contribution in [2.24, 2.45) is 5.92 Å². The summed E-state index contributed by atoms with van der Waals surface area (Å²) in [5.74, 6) is -0.154. The number of fused-ring (bicyclic) bond motifs is 1. The van der Waals surface area contributed by atoms with E-state index in [0.717, 1.165) is 37.1 Å². The van der Waals surface area contributed by atoms with Crippen LogP contribution in [0.4, 0.5) is 11.4 Å². The fourth-order valence-electron chi connectivity index (χ4n) is 4.52. The fourth-order valence-corrected chi connectivity index (χ4v) is 4.52. The fraction of sp³-hybridized carbons (Fsp3) is 0.400. The van der Waals surface area contributed by atoms with Crippen molar-refractivity contribution >= 4 is 29.1 Å². The molecule has 1 saturated carbocycles. The van der Waals surface area contributed by atoms with E-state index in [1.54, 1.807) is 17.0 Å². The Morgan fingerprint density at radius 1 is 1.00 bits per heavy atom. The largest absolute Gasteiger partial charge is 0.336 e. The number of amides is 3. The molecule has 0 spiro atoms. The monoisotopic (exact) mass is 432 g/mol. The summed E-state index contributed by atoms with van der Waals surface area (Å²) < 4.78 is 0. The van der Waals surface area contributed by atoms with Crippen molar-refractivity contribution in [2.45, 2.75) is 32.2 Å². The van der Waals surface area contributed by atoms with Crippen molar-refractivity contribution in [3.8, 4) is 0 Å². The first-order valence-electron chi connectivity index (χ1n) is 11.3. The van der Waals surface area contributed by atoms with Gasteiger partial charge in [0.05, 0.1) is 23.8 Å². The van der Waals surface area contributed by atoms with E-state index in [-0.39, 0.29) is 36.1 Å². The highest BCUT2D eigenvalue weighted by Crippen LogP contribution is 2.43. The number of aryl methyl sites for hydroxylation is 1. The van der Waals surface area contributed by atoms with Crippen molar-refractivity contribution in [3.05, 3.63) is 59.2 Å². The van der Waals surface area contributed by atoms with Crippen molar-refractivity contribution < 1.29 is 14.4 Å². The maximum Gasteiger partial charge on any atom is 0.254 e. The third-order valence-electron chi connectivity index (χ3n) is 6.50. The molecule has 1 saturated heterocycles. The molecule has 0 bridgehead atoms. The van der Waals surface area contributed by atoms with Gasteiger partial charge in [0.15, 0.2) is 0 Å². The average Bonchev–Trinajstić information content (AvgIpc) is 3.66. The lowest BCUT2D eigenvalue weighted by Gasteiger charge is -2.31. The van der Waals surface area contributed by atoms with Crippen LogP contribution in [0.2, 0.25) is 0 Å². The minimum atomic E-state index is -0.375. The highest BCUT2D eigenvalue weighted by atomic mass is 16.2. The van der Waals surface area contributed by atoms with Crippen LogP contribution in [-0.4, -0.2) is 48.8 Å². The number of nitrogens with zero attached hydrogens (tertiary/aromatic N) is 2. The average molecular weight is 433 g/mol. The molecule has 5 rings (SSSR count). The first kappa shape index (κ1) is 20.7. The highest BCUT2D eigenvalue weighted by Gasteiger charge is 2.40. The van der Waals surface area contributed by atoms with Gasteiger partial charge in [-0.15, -0.1) is 0 Å². The summed E-state index contributed by atoms with van der Waals surface area (Å²) >= 11 is 0. The van der Waals surface area contributed by atoms with Crippen LogP contribution in [0.15, 0.2) is 42.5 Å². The SMILES string of the molecule is Cc1ccc(C2CC(=O)Nc3cc(C(=O)N4CCNCC4)ccc3N2C(=O)C2CC2)cc1. The number of carbonyl (C=O) groups excluding carboxylic acids is 3. The predicted molar refractivity (Wildman–Crippen MR) is 123 cm³/mol. The van der Waals surface area contributed by atoms with Gasteiger partial charge in [0.2, 0.25) is 11.8 Å². The van der Waals surface area contributed by atoms with Crippen LogP contribution in [0.3, 0.4) is 0 Å². The van der Waals surface area contributed by atoms with E-state index in [9.17, 15) is 14.4 Å². The van der Waals surface area contributed by atoms with Gasteiger partial charge >= 0.3 is 0 Å². The smallest absolute Gasteiger partial charge is 0.254 e. The molecule has 1 unspecified atom stereocenters. The Morgan fingerprint density at radius 3 is 2.41 bits per heavy atom. The molecule has 2 aliphatic heterocycles. The Balaban J connectivity index is 1.54. The second-order valence-corrected chi connectivity index (χ2v) is 8.94. The maximum absolute atomic E-state index is 13.4. The molecule has 0 aromatic heterocycles. The molecule has 7 nitrogen and oxygen atoms in total. The molecule has 2 heterocycles. The quantitative estimate of drug-likeness (QED) is 0.782. The van der Waals surface area contributed by atoms with Crippen molar-refractivity contribution in [1.82, 2.24) is 10.2 Å². The molecule has 3 amide bonds. The van der Waals surface area contributed by atoms with Crippen LogP contribution in [0.25, 0.3) is 0 Å². The van der Waals surface area contributed by atoms with E-state index in [1.807, 2.05) is 42.2 Å². The molecule has 32 heavy (non-hydrogen) atoms. The summed E-state index contributed by atoms with van der Waals surface area (Å²) in [7, 11) is 0. The zero-order valence-electron chi connectivity index (χ0n) is 18.3. The number of carbonyl (C=O) groups is 3. The van der Waals surface area contributed by atoms with Gasteiger partial charge in [0.25, 0.3) is 5.91 Å². The molecule has 2 fully saturated rings. The topological polar surface area (TPSA) is 81.8 Å². The number of nitrogens with one attached hydrogen (secondary N) is 2. The lowest BCUT2D eigenvalue weighted by Crippen LogP contribution is -2.46. The summed E-state index contributed by atoms with van der Waals surface area (Å²) in [5.41, 5.74) is 3.78. The second kappa shape index (κ2) is 8.39. The molecule has 2 N–H and O–H groups in total. The van der Waals surface area contributed by atoms with Gasteiger partial charge in [0.1, 0.15) is 0 Å². The van der Waals surface area contributed by atoms with Gasteiger partial charge in [-0.2, -0.15) is 0 Å². The van der Waals surface area contributed by atoms with Crippen LogP contribution >= 0.6 is 0 Å². The summed E-state index contributed by atoms with van der Waals surface area (Å²) in [4.78, 5) is 42.9. The van der Waals surface area contributed by atoms with Gasteiger partial charge in [-0.3, -0.25) is 14.4 Å². The maximum atomic E-state index is 13.4. The molecular formula is C25H28N4O3. The predicted octanol–water partition coefficient (Wildman–Crippen LogP) is 2.87. The summed E-state index contributed by atoms with van der Waals surface area (Å²) in [6.07, 6.45) is 1.94. The molecule has 2 aromatic carbocycles. The molecule has 1 aliphatic carbocycles. The lowest BCUT2D eigenvalue weighted by atomic mass is 9.99. The van der Waals surface area contributed by atoms with Crippen molar-refractivity contribution in [2.75, 3.05) is 36.4 Å². The third kappa shape index (κ3) is 4.00. The van der Waals surface area contributed by atoms with Crippen molar-refractivity contribution in [3.63, 3.8) is 0 Å². The molecule has 0 radical (unpaired) electrons. The first-order valence-corrected chi connectivity index (χ1v) is 11.3. The zero-order valence-corrected chi connectivity index (χ0v) is 18.3. The van der Waals surface area contributed by atoms with Crippen LogP contribution in [-0.2, 0) is 9.59 Å². The van der Waals surface area contributed by atoms with E-state index < -0.39 is 0 Å². The highest BCUT2D eigenvalue weighted by molar-refractivity contribution is 6.07. The summed E-state index contributed by atoms with van der Waals surface area (Å²) in [6, 6.07) is 12.9. The van der Waals surface area contributed by atoms with E-state index in [1.165, 1.54) is 0 Å². The number of piperazine rings is 1. The number of hydrogen-bond acceptors (Lipinski definition) is 4. The summed E-state index contributed by atoms with van der Waals surface area (Å²) in [5, 5.41) is 6.21. The van der Waals surface area contributed by atoms with Crippen LogP contribution in [0.5, 0.6) is 0 Å². The second-order valence-electron chi connectivity index (χ2n) is 8.94. The minimum absolute atomic E-state index is 0.00570. The standard InChI is InChI=1S/C25H28N4O3/c1-16-2-4-17(5-3-16)22-15-23(30)27-20-14-19(24(31)28-12-10-26-11-13-28)8-9-21(20)29(22)25(32)18-6-7-18/h2-5,8-9,14,18,22,26H,6-7,10-13,15H2,1H3,(H,27,30). The van der Waals surface area contributed by atoms with Crippen LogP contribution in [0.1, 0.15) is 46.8 Å². The van der Waals surface area contributed by atoms with Crippen molar-refractivity contribution in [1.29, 1.82) is 0 Å². The van der Waals surface area contributed by atoms with E-state index in [2.05, 4.69) is 10.6 Å². The van der Waals surface area contributed by atoms with Crippen LogP contribution in [0, 0.1) is 12.8 Å². The Morgan fingerprint density at radius 2 is 1.72 bits per heavy atom.